The fraction of sp³-hybridized carbons (Fsp3) is 0.304. The van der Waals surface area contributed by atoms with Gasteiger partial charge in [0.05, 0.1) is 7.11 Å². The van der Waals surface area contributed by atoms with E-state index in [0.717, 1.165) is 16.8 Å². The number of halogens is 1. The number of aromatic nitrogens is 1. The Morgan fingerprint density at radius 3 is 2.63 bits per heavy atom. The van der Waals surface area contributed by atoms with Gasteiger partial charge in [-0.1, -0.05) is 35.9 Å². The number of aryl methyl sites for hydroxylation is 1. The van der Waals surface area contributed by atoms with Crippen molar-refractivity contribution in [1.29, 1.82) is 0 Å². The van der Waals surface area contributed by atoms with E-state index in [2.05, 4.69) is 4.98 Å². The van der Waals surface area contributed by atoms with Crippen molar-refractivity contribution in [2.45, 2.75) is 33.0 Å². The summed E-state index contributed by atoms with van der Waals surface area (Å²) in [4.78, 5) is 16.4. The smallest absolute Gasteiger partial charge is 0.335 e. The van der Waals surface area contributed by atoms with Gasteiger partial charge in [-0.25, -0.2) is 9.78 Å². The van der Waals surface area contributed by atoms with Gasteiger partial charge in [0, 0.05) is 23.6 Å². The number of hydrogen-bond acceptors (Lipinski definition) is 6. The molecule has 0 fully saturated rings. The van der Waals surface area contributed by atoms with E-state index in [1.54, 1.807) is 12.1 Å². The first kappa shape index (κ1) is 21.9. The second-order valence-electron chi connectivity index (χ2n) is 6.60. The van der Waals surface area contributed by atoms with Gasteiger partial charge in [0.25, 0.3) is 0 Å². The minimum atomic E-state index is -0.696. The summed E-state index contributed by atoms with van der Waals surface area (Å²) in [5.74, 6) is 1.43. The molecule has 30 heavy (non-hydrogen) atoms. The van der Waals surface area contributed by atoms with Crippen LogP contribution in [0.25, 0.3) is 11.5 Å². The molecule has 7 heteroatoms. The lowest BCUT2D eigenvalue weighted by atomic mass is 10.1. The molecule has 0 aliphatic rings. The monoisotopic (exact) mass is 429 g/mol. The number of ether oxygens (including phenoxy) is 3. The Labute approximate surface area is 180 Å². The summed E-state index contributed by atoms with van der Waals surface area (Å²) in [6.45, 7) is 4.33. The van der Waals surface area contributed by atoms with Crippen LogP contribution in [-0.4, -0.2) is 30.8 Å². The minimum Gasteiger partial charge on any atom is -0.487 e. The highest BCUT2D eigenvalue weighted by Crippen LogP contribution is 2.26. The Kier molecular flexibility index (Phi) is 7.49. The van der Waals surface area contributed by atoms with E-state index in [-0.39, 0.29) is 6.61 Å². The van der Waals surface area contributed by atoms with Gasteiger partial charge in [-0.15, -0.1) is 0 Å². The third-order valence-electron chi connectivity index (χ3n) is 4.55. The summed E-state index contributed by atoms with van der Waals surface area (Å²) < 4.78 is 21.8. The van der Waals surface area contributed by atoms with E-state index in [4.69, 9.17) is 30.2 Å². The van der Waals surface area contributed by atoms with Crippen molar-refractivity contribution in [3.8, 4) is 17.2 Å². The number of carbonyl (C=O) groups is 1. The highest BCUT2D eigenvalue weighted by atomic mass is 35.5. The van der Waals surface area contributed by atoms with E-state index in [0.29, 0.717) is 35.5 Å². The molecule has 0 saturated heterocycles. The van der Waals surface area contributed by atoms with Crippen molar-refractivity contribution in [3.63, 3.8) is 0 Å². The van der Waals surface area contributed by atoms with Gasteiger partial charge in [0.1, 0.15) is 23.8 Å². The third kappa shape index (κ3) is 5.40. The Morgan fingerprint density at radius 1 is 1.20 bits per heavy atom. The molecule has 0 unspecified atom stereocenters. The molecule has 0 aliphatic carbocycles. The molecule has 2 aromatic carbocycles. The minimum absolute atomic E-state index is 0.252. The highest BCUT2D eigenvalue weighted by molar-refractivity contribution is 6.31. The van der Waals surface area contributed by atoms with Gasteiger partial charge >= 0.3 is 5.97 Å². The SMILES string of the molecule is CCO[C@@H](Cc1ccc(OCc2nc(-c3ccccc3)oc2C)cc1Cl)C(=O)OC. The van der Waals surface area contributed by atoms with Gasteiger partial charge in [-0.3, -0.25) is 0 Å². The lowest BCUT2D eigenvalue weighted by Gasteiger charge is -2.16. The lowest BCUT2D eigenvalue weighted by Crippen LogP contribution is -2.28. The zero-order chi connectivity index (χ0) is 21.5. The molecule has 1 heterocycles. The summed E-state index contributed by atoms with van der Waals surface area (Å²) in [5, 5.41) is 0.489. The first-order valence-corrected chi connectivity index (χ1v) is 10.0. The third-order valence-corrected chi connectivity index (χ3v) is 4.90. The maximum absolute atomic E-state index is 11.8. The van der Waals surface area contributed by atoms with Crippen molar-refractivity contribution in [3.05, 3.63) is 70.6 Å². The second-order valence-corrected chi connectivity index (χ2v) is 7.01. The lowest BCUT2D eigenvalue weighted by molar-refractivity contribution is -0.153. The molecule has 3 aromatic rings. The predicted octanol–water partition coefficient (Wildman–Crippen LogP) is 5.00. The van der Waals surface area contributed by atoms with Crippen LogP contribution < -0.4 is 4.74 Å². The van der Waals surface area contributed by atoms with Crippen LogP contribution in [0.5, 0.6) is 5.75 Å². The van der Waals surface area contributed by atoms with Crippen LogP contribution in [-0.2, 0) is 27.3 Å². The summed E-state index contributed by atoms with van der Waals surface area (Å²) in [6, 6.07) is 15.0. The van der Waals surface area contributed by atoms with Crippen molar-refractivity contribution >= 4 is 17.6 Å². The maximum atomic E-state index is 11.8. The van der Waals surface area contributed by atoms with Crippen LogP contribution in [0.1, 0.15) is 23.9 Å². The Balaban J connectivity index is 1.66. The molecule has 0 spiro atoms. The first-order valence-electron chi connectivity index (χ1n) is 9.64. The zero-order valence-corrected chi connectivity index (χ0v) is 17.9. The van der Waals surface area contributed by atoms with Gasteiger partial charge in [-0.2, -0.15) is 0 Å². The fourth-order valence-electron chi connectivity index (χ4n) is 2.94. The van der Waals surface area contributed by atoms with E-state index in [9.17, 15) is 4.79 Å². The fourth-order valence-corrected chi connectivity index (χ4v) is 3.19. The molecule has 3 rings (SSSR count). The molecule has 6 nitrogen and oxygen atoms in total. The van der Waals surface area contributed by atoms with Gasteiger partial charge in [0.15, 0.2) is 6.10 Å². The van der Waals surface area contributed by atoms with Crippen molar-refractivity contribution < 1.29 is 23.4 Å². The number of hydrogen-bond donors (Lipinski definition) is 0. The summed E-state index contributed by atoms with van der Waals surface area (Å²) in [6.07, 6.45) is -0.374. The van der Waals surface area contributed by atoms with Crippen LogP contribution in [0.3, 0.4) is 0 Å². The molecule has 158 valence electrons. The molecule has 0 saturated carbocycles. The Hall–Kier alpha value is -2.83. The summed E-state index contributed by atoms with van der Waals surface area (Å²) in [7, 11) is 1.34. The topological polar surface area (TPSA) is 70.8 Å². The number of rotatable bonds is 9. The summed E-state index contributed by atoms with van der Waals surface area (Å²) >= 11 is 6.40. The number of methoxy groups -OCH3 is 1. The average molecular weight is 430 g/mol. The van der Waals surface area contributed by atoms with Crippen LogP contribution in [0, 0.1) is 6.92 Å². The van der Waals surface area contributed by atoms with Crippen molar-refractivity contribution in [1.82, 2.24) is 4.98 Å². The van der Waals surface area contributed by atoms with Gasteiger partial charge < -0.3 is 18.6 Å². The van der Waals surface area contributed by atoms with E-state index in [1.807, 2.05) is 50.2 Å². The standard InChI is InChI=1S/C23H24ClNO5/c1-4-28-21(23(26)27-3)12-17-10-11-18(13-19(17)24)29-14-20-15(2)30-22(25-20)16-8-6-5-7-9-16/h5-11,13,21H,4,12,14H2,1-3H3/t21-/m0/s1. The summed E-state index contributed by atoms with van der Waals surface area (Å²) in [5.41, 5.74) is 2.40. The number of benzene rings is 2. The van der Waals surface area contributed by atoms with Gasteiger partial charge in [0.2, 0.25) is 5.89 Å². The molecule has 1 aromatic heterocycles. The predicted molar refractivity (Wildman–Crippen MR) is 114 cm³/mol. The molecule has 0 N–H and O–H groups in total. The number of nitrogens with zero attached hydrogens (tertiary/aromatic N) is 1. The number of esters is 1. The molecule has 1 atom stereocenters. The normalized spacial score (nSPS) is 11.9. The van der Waals surface area contributed by atoms with E-state index < -0.39 is 12.1 Å². The molecule has 0 aliphatic heterocycles. The second kappa shape index (κ2) is 10.3. The van der Waals surface area contributed by atoms with Crippen LogP contribution in [0.2, 0.25) is 5.02 Å². The van der Waals surface area contributed by atoms with Gasteiger partial charge in [-0.05, 0) is 43.7 Å². The Bertz CT molecular complexity index is 987. The van der Waals surface area contributed by atoms with Crippen molar-refractivity contribution in [2.24, 2.45) is 0 Å². The molecule has 0 amide bonds. The average Bonchev–Trinajstić information content (AvgIpc) is 3.14. The quantitative estimate of drug-likeness (QED) is 0.445. The van der Waals surface area contributed by atoms with Crippen LogP contribution >= 0.6 is 11.6 Å². The van der Waals surface area contributed by atoms with E-state index >= 15 is 0 Å². The van der Waals surface area contributed by atoms with Crippen molar-refractivity contribution in [2.75, 3.05) is 13.7 Å². The molecule has 0 bridgehead atoms. The molecular weight excluding hydrogens is 406 g/mol. The number of oxazole rings is 1. The highest BCUT2D eigenvalue weighted by Gasteiger charge is 2.21. The maximum Gasteiger partial charge on any atom is 0.335 e. The van der Waals surface area contributed by atoms with Crippen LogP contribution in [0.15, 0.2) is 52.9 Å². The largest absolute Gasteiger partial charge is 0.487 e. The molecule has 0 radical (unpaired) electrons. The zero-order valence-electron chi connectivity index (χ0n) is 17.2. The number of carbonyl (C=O) groups excluding carboxylic acids is 1. The van der Waals surface area contributed by atoms with Crippen LogP contribution in [0.4, 0.5) is 0 Å². The Morgan fingerprint density at radius 2 is 1.97 bits per heavy atom. The molecular formula is C23H24ClNO5. The first-order chi connectivity index (χ1) is 14.5. The van der Waals surface area contributed by atoms with E-state index in [1.165, 1.54) is 7.11 Å².